The zero-order chi connectivity index (χ0) is 15.4. The van der Waals surface area contributed by atoms with E-state index in [9.17, 15) is 4.79 Å². The van der Waals surface area contributed by atoms with Gasteiger partial charge in [-0.1, -0.05) is 11.6 Å². The van der Waals surface area contributed by atoms with Crippen LogP contribution in [0.25, 0.3) is 0 Å². The first-order valence-electron chi connectivity index (χ1n) is 7.21. The second kappa shape index (κ2) is 7.51. The van der Waals surface area contributed by atoms with E-state index in [0.717, 1.165) is 19.4 Å². The zero-order valence-electron chi connectivity index (χ0n) is 12.8. The fourth-order valence-electron chi connectivity index (χ4n) is 2.52. The molecule has 2 rings (SSSR count). The van der Waals surface area contributed by atoms with E-state index in [-0.39, 0.29) is 10.6 Å². The molecule has 1 aliphatic carbocycles. The number of aromatic nitrogens is 2. The molecule has 1 fully saturated rings. The van der Waals surface area contributed by atoms with Crippen LogP contribution in [-0.2, 0) is 6.54 Å². The van der Waals surface area contributed by atoms with Gasteiger partial charge in [0.15, 0.2) is 0 Å². The van der Waals surface area contributed by atoms with Gasteiger partial charge in [-0.25, -0.2) is 4.68 Å². The summed E-state index contributed by atoms with van der Waals surface area (Å²) in [6, 6.07) is 0.388. The summed E-state index contributed by atoms with van der Waals surface area (Å²) in [6.45, 7) is 1.30. The summed E-state index contributed by atoms with van der Waals surface area (Å²) < 4.78 is 1.42. The van der Waals surface area contributed by atoms with Crippen LogP contribution in [0, 0.1) is 0 Å². The van der Waals surface area contributed by atoms with E-state index in [1.54, 1.807) is 6.20 Å². The molecule has 2 unspecified atom stereocenters. The number of anilines is 1. The number of thioether (sulfide) groups is 1. The maximum absolute atomic E-state index is 12.2. The highest BCUT2D eigenvalue weighted by Crippen LogP contribution is 2.31. The van der Waals surface area contributed by atoms with Gasteiger partial charge in [0, 0.05) is 17.8 Å². The second-order valence-electron chi connectivity index (χ2n) is 5.72. The predicted molar refractivity (Wildman–Crippen MR) is 90.6 cm³/mol. The van der Waals surface area contributed by atoms with Gasteiger partial charge < -0.3 is 10.2 Å². The van der Waals surface area contributed by atoms with Gasteiger partial charge in [-0.05, 0) is 39.6 Å². The van der Waals surface area contributed by atoms with Crippen molar-refractivity contribution in [3.63, 3.8) is 0 Å². The molecule has 21 heavy (non-hydrogen) atoms. The Kier molecular flexibility index (Phi) is 5.96. The molecule has 0 spiro atoms. The number of hydrogen-bond acceptors (Lipinski definition) is 5. The van der Waals surface area contributed by atoms with Crippen molar-refractivity contribution in [3.8, 4) is 0 Å². The Bertz CT molecular complexity index is 534. The van der Waals surface area contributed by atoms with E-state index in [1.165, 1.54) is 11.1 Å². The summed E-state index contributed by atoms with van der Waals surface area (Å²) >= 11 is 8.11. The van der Waals surface area contributed by atoms with Crippen molar-refractivity contribution in [2.45, 2.75) is 37.1 Å². The van der Waals surface area contributed by atoms with Crippen LogP contribution in [0.4, 0.5) is 5.69 Å². The number of nitrogens with zero attached hydrogens (tertiary/aromatic N) is 3. The Morgan fingerprint density at radius 2 is 2.29 bits per heavy atom. The summed E-state index contributed by atoms with van der Waals surface area (Å²) in [7, 11) is 3.93. The third-order valence-corrected chi connectivity index (χ3v) is 5.28. The molecule has 0 amide bonds. The van der Waals surface area contributed by atoms with Gasteiger partial charge >= 0.3 is 0 Å². The van der Waals surface area contributed by atoms with Crippen LogP contribution < -0.4 is 10.9 Å². The van der Waals surface area contributed by atoms with Gasteiger partial charge in [-0.15, -0.1) is 0 Å². The topological polar surface area (TPSA) is 50.2 Å². The van der Waals surface area contributed by atoms with E-state index in [4.69, 9.17) is 11.6 Å². The molecule has 1 aromatic rings. The highest BCUT2D eigenvalue weighted by atomic mass is 35.5. The molecule has 1 aliphatic rings. The van der Waals surface area contributed by atoms with Crippen LogP contribution >= 0.6 is 23.4 Å². The third-order valence-electron chi connectivity index (χ3n) is 3.82. The highest BCUT2D eigenvalue weighted by molar-refractivity contribution is 7.99. The first-order chi connectivity index (χ1) is 10.0. The van der Waals surface area contributed by atoms with Gasteiger partial charge in [0.1, 0.15) is 5.02 Å². The van der Waals surface area contributed by atoms with Crippen LogP contribution in [0.5, 0.6) is 0 Å². The molecule has 0 radical (unpaired) electrons. The molecule has 1 heterocycles. The fourth-order valence-corrected chi connectivity index (χ4v) is 3.52. The Hall–Kier alpha value is -0.720. The number of halogens is 1. The summed E-state index contributed by atoms with van der Waals surface area (Å²) in [4.78, 5) is 14.2. The summed E-state index contributed by atoms with van der Waals surface area (Å²) in [5.41, 5.74) is 0.442. The number of rotatable bonds is 6. The summed E-state index contributed by atoms with van der Waals surface area (Å²) in [5, 5.41) is 8.54. The van der Waals surface area contributed by atoms with Gasteiger partial charge in [-0.2, -0.15) is 16.9 Å². The van der Waals surface area contributed by atoms with E-state index in [1.807, 2.05) is 30.8 Å². The van der Waals surface area contributed by atoms with Crippen molar-refractivity contribution in [1.29, 1.82) is 0 Å². The number of nitrogens with one attached hydrogen (secondary N) is 1. The molecule has 118 valence electrons. The van der Waals surface area contributed by atoms with Crippen molar-refractivity contribution in [3.05, 3.63) is 21.6 Å². The van der Waals surface area contributed by atoms with E-state index >= 15 is 0 Å². The van der Waals surface area contributed by atoms with Gasteiger partial charge in [-0.3, -0.25) is 4.79 Å². The van der Waals surface area contributed by atoms with Crippen molar-refractivity contribution in [2.24, 2.45) is 0 Å². The van der Waals surface area contributed by atoms with Crippen LogP contribution in [-0.4, -0.2) is 52.9 Å². The van der Waals surface area contributed by atoms with Crippen molar-refractivity contribution in [2.75, 3.05) is 32.2 Å². The first-order valence-corrected chi connectivity index (χ1v) is 8.87. The average molecular weight is 331 g/mol. The van der Waals surface area contributed by atoms with Crippen molar-refractivity contribution < 1.29 is 0 Å². The number of likely N-dealkylation sites (N-methyl/N-ethyl adjacent to an activating group) is 1. The largest absolute Gasteiger partial charge is 0.380 e. The van der Waals surface area contributed by atoms with Crippen LogP contribution in [0.3, 0.4) is 0 Å². The molecule has 7 heteroatoms. The Morgan fingerprint density at radius 1 is 1.52 bits per heavy atom. The van der Waals surface area contributed by atoms with Crippen LogP contribution in [0.15, 0.2) is 11.0 Å². The SMILES string of the molecule is CSC1CCC(Nc2cnn(CCN(C)C)c(=O)c2Cl)C1. The summed E-state index contributed by atoms with van der Waals surface area (Å²) in [5.74, 6) is 0. The highest BCUT2D eigenvalue weighted by Gasteiger charge is 2.24. The Morgan fingerprint density at radius 3 is 2.90 bits per heavy atom. The van der Waals surface area contributed by atoms with E-state index in [2.05, 4.69) is 16.7 Å². The molecule has 0 bridgehead atoms. The van der Waals surface area contributed by atoms with Gasteiger partial charge in [0.2, 0.25) is 0 Å². The maximum atomic E-state index is 12.2. The monoisotopic (exact) mass is 330 g/mol. The Labute approximate surface area is 135 Å². The lowest BCUT2D eigenvalue weighted by Gasteiger charge is -2.16. The van der Waals surface area contributed by atoms with Crippen molar-refractivity contribution in [1.82, 2.24) is 14.7 Å². The molecular formula is C14H23ClN4OS. The minimum Gasteiger partial charge on any atom is -0.380 e. The van der Waals surface area contributed by atoms with Gasteiger partial charge in [0.05, 0.1) is 18.4 Å². The normalized spacial score (nSPS) is 22.0. The third kappa shape index (κ3) is 4.37. The molecule has 5 nitrogen and oxygen atoms in total. The maximum Gasteiger partial charge on any atom is 0.287 e. The quantitative estimate of drug-likeness (QED) is 0.866. The molecule has 1 N–H and O–H groups in total. The molecule has 0 saturated heterocycles. The first kappa shape index (κ1) is 16.6. The lowest BCUT2D eigenvalue weighted by molar-refractivity contribution is 0.367. The fraction of sp³-hybridized carbons (Fsp3) is 0.714. The van der Waals surface area contributed by atoms with Gasteiger partial charge in [0.25, 0.3) is 5.56 Å². The van der Waals surface area contributed by atoms with Crippen LogP contribution in [0.1, 0.15) is 19.3 Å². The smallest absolute Gasteiger partial charge is 0.287 e. The lowest BCUT2D eigenvalue weighted by atomic mass is 10.2. The molecule has 0 aromatic carbocycles. The summed E-state index contributed by atoms with van der Waals surface area (Å²) in [6.07, 6.45) is 7.26. The molecular weight excluding hydrogens is 308 g/mol. The minimum atomic E-state index is -0.220. The second-order valence-corrected chi connectivity index (χ2v) is 7.23. The van der Waals surface area contributed by atoms with Crippen LogP contribution in [0.2, 0.25) is 5.02 Å². The minimum absolute atomic E-state index is 0.220. The predicted octanol–water partition coefficient (Wildman–Crippen LogP) is 2.15. The lowest BCUT2D eigenvalue weighted by Crippen LogP contribution is -2.30. The Balaban J connectivity index is 2.05. The molecule has 1 saturated carbocycles. The van der Waals surface area contributed by atoms with Crippen molar-refractivity contribution >= 4 is 29.1 Å². The van der Waals surface area contributed by atoms with E-state index in [0.29, 0.717) is 23.5 Å². The molecule has 2 atom stereocenters. The standard InChI is InChI=1S/C14H23ClN4OS/c1-18(2)6-7-19-14(20)13(15)12(9-16-19)17-10-4-5-11(8-10)21-3/h9-11,17H,4-8H2,1-3H3. The zero-order valence-corrected chi connectivity index (χ0v) is 14.4. The number of hydrogen-bond donors (Lipinski definition) is 1. The average Bonchev–Trinajstić information content (AvgIpc) is 2.90. The molecule has 0 aliphatic heterocycles. The van der Waals surface area contributed by atoms with E-state index < -0.39 is 0 Å². The molecule has 1 aromatic heterocycles.